The van der Waals surface area contributed by atoms with E-state index in [4.69, 9.17) is 11.6 Å². The molecule has 122 valence electrons. The van der Waals surface area contributed by atoms with Gasteiger partial charge in [0, 0.05) is 30.2 Å². The van der Waals surface area contributed by atoms with Gasteiger partial charge < -0.3 is 14.6 Å². The SMILES string of the molecule is CN(C(=O)c1c(O)c2ccccc2n(C)c1=O)c1ccc(Cl)cc1. The van der Waals surface area contributed by atoms with Gasteiger partial charge in [0.15, 0.2) is 0 Å². The highest BCUT2D eigenvalue weighted by molar-refractivity contribution is 6.30. The number of amides is 1. The van der Waals surface area contributed by atoms with Crippen LogP contribution in [-0.4, -0.2) is 22.6 Å². The normalized spacial score (nSPS) is 10.8. The summed E-state index contributed by atoms with van der Waals surface area (Å²) in [4.78, 5) is 26.7. The van der Waals surface area contributed by atoms with Gasteiger partial charge >= 0.3 is 0 Å². The summed E-state index contributed by atoms with van der Waals surface area (Å²) in [6.45, 7) is 0. The van der Waals surface area contributed by atoms with Gasteiger partial charge in [0.1, 0.15) is 11.3 Å². The Balaban J connectivity index is 2.17. The molecule has 0 radical (unpaired) electrons. The third-order valence-electron chi connectivity index (χ3n) is 4.01. The van der Waals surface area contributed by atoms with Crippen LogP contribution < -0.4 is 10.5 Å². The summed E-state index contributed by atoms with van der Waals surface area (Å²) in [5.74, 6) is -0.888. The Kier molecular flexibility index (Phi) is 4.03. The molecule has 0 atom stereocenters. The van der Waals surface area contributed by atoms with Crippen LogP contribution in [0.2, 0.25) is 5.02 Å². The summed E-state index contributed by atoms with van der Waals surface area (Å²) in [6, 6.07) is 13.5. The second kappa shape index (κ2) is 6.02. The van der Waals surface area contributed by atoms with Gasteiger partial charge in [-0.2, -0.15) is 0 Å². The van der Waals surface area contributed by atoms with Gasteiger partial charge in [-0.1, -0.05) is 23.7 Å². The second-order valence-corrected chi connectivity index (χ2v) is 5.88. The van der Waals surface area contributed by atoms with Gasteiger partial charge in [-0.25, -0.2) is 0 Å². The zero-order valence-electron chi connectivity index (χ0n) is 13.2. The number of fused-ring (bicyclic) bond motifs is 1. The quantitative estimate of drug-likeness (QED) is 0.778. The van der Waals surface area contributed by atoms with Gasteiger partial charge in [-0.05, 0) is 36.4 Å². The summed E-state index contributed by atoms with van der Waals surface area (Å²) in [6.07, 6.45) is 0. The van der Waals surface area contributed by atoms with E-state index in [0.29, 0.717) is 21.6 Å². The summed E-state index contributed by atoms with van der Waals surface area (Å²) >= 11 is 5.85. The van der Waals surface area contributed by atoms with Crippen molar-refractivity contribution in [2.75, 3.05) is 11.9 Å². The number of anilines is 1. The molecule has 0 aliphatic heterocycles. The molecule has 1 aromatic heterocycles. The summed E-state index contributed by atoms with van der Waals surface area (Å²) in [5.41, 5.74) is 0.329. The fraction of sp³-hybridized carbons (Fsp3) is 0.111. The highest BCUT2D eigenvalue weighted by Gasteiger charge is 2.24. The Labute approximate surface area is 143 Å². The van der Waals surface area contributed by atoms with Gasteiger partial charge in [-0.15, -0.1) is 0 Å². The van der Waals surface area contributed by atoms with Crippen molar-refractivity contribution in [3.63, 3.8) is 0 Å². The topological polar surface area (TPSA) is 62.5 Å². The first-order chi connectivity index (χ1) is 11.4. The van der Waals surface area contributed by atoms with Crippen LogP contribution in [0.25, 0.3) is 10.9 Å². The molecule has 5 nitrogen and oxygen atoms in total. The summed E-state index contributed by atoms with van der Waals surface area (Å²) in [5, 5.41) is 11.5. The molecule has 0 fully saturated rings. The minimum Gasteiger partial charge on any atom is -0.506 e. The number of para-hydroxylation sites is 1. The number of pyridine rings is 1. The van der Waals surface area contributed by atoms with Crippen molar-refractivity contribution in [1.82, 2.24) is 4.57 Å². The van der Waals surface area contributed by atoms with Crippen LogP contribution in [0, 0.1) is 0 Å². The number of rotatable bonds is 2. The molecule has 0 spiro atoms. The van der Waals surface area contributed by atoms with E-state index < -0.39 is 11.5 Å². The number of hydrogen-bond acceptors (Lipinski definition) is 3. The van der Waals surface area contributed by atoms with E-state index in [1.165, 1.54) is 9.47 Å². The van der Waals surface area contributed by atoms with Crippen molar-refractivity contribution >= 4 is 34.1 Å². The number of benzene rings is 2. The number of nitrogens with zero attached hydrogens (tertiary/aromatic N) is 2. The highest BCUT2D eigenvalue weighted by Crippen LogP contribution is 2.27. The zero-order valence-corrected chi connectivity index (χ0v) is 13.9. The number of carbonyl (C=O) groups excluding carboxylic acids is 1. The van der Waals surface area contributed by atoms with E-state index in [1.54, 1.807) is 62.6 Å². The average Bonchev–Trinajstić information content (AvgIpc) is 2.60. The molecule has 0 aliphatic carbocycles. The number of hydrogen-bond donors (Lipinski definition) is 1. The zero-order chi connectivity index (χ0) is 17.4. The molecule has 0 saturated heterocycles. The minimum absolute atomic E-state index is 0.256. The fourth-order valence-electron chi connectivity index (χ4n) is 2.62. The van der Waals surface area contributed by atoms with E-state index in [2.05, 4.69) is 0 Å². The second-order valence-electron chi connectivity index (χ2n) is 5.45. The average molecular weight is 343 g/mol. The number of aryl methyl sites for hydroxylation is 1. The Morgan fingerprint density at radius 2 is 1.75 bits per heavy atom. The van der Waals surface area contributed by atoms with Crippen molar-refractivity contribution in [3.05, 3.63) is 69.5 Å². The van der Waals surface area contributed by atoms with Crippen LogP contribution in [0.5, 0.6) is 5.75 Å². The number of carbonyl (C=O) groups is 1. The first-order valence-corrected chi connectivity index (χ1v) is 7.64. The number of aromatic nitrogens is 1. The molecule has 1 N–H and O–H groups in total. The molecule has 0 aliphatic rings. The van der Waals surface area contributed by atoms with Crippen LogP contribution in [0.3, 0.4) is 0 Å². The van der Waals surface area contributed by atoms with Crippen LogP contribution in [0.15, 0.2) is 53.3 Å². The standard InChI is InChI=1S/C18H15ClN2O3/c1-20(12-9-7-11(19)8-10-12)17(23)15-16(22)13-5-3-4-6-14(13)21(2)18(15)24/h3-10,22H,1-2H3. The molecule has 3 aromatic rings. The van der Waals surface area contributed by atoms with Crippen molar-refractivity contribution in [2.24, 2.45) is 7.05 Å². The Bertz CT molecular complexity index is 994. The maximum Gasteiger partial charge on any atom is 0.267 e. The first kappa shape index (κ1) is 16.1. The van der Waals surface area contributed by atoms with Crippen molar-refractivity contribution in [3.8, 4) is 5.75 Å². The van der Waals surface area contributed by atoms with E-state index in [1.807, 2.05) is 0 Å². The van der Waals surface area contributed by atoms with Gasteiger partial charge in [-0.3, -0.25) is 9.59 Å². The van der Waals surface area contributed by atoms with Crippen molar-refractivity contribution in [1.29, 1.82) is 0 Å². The lowest BCUT2D eigenvalue weighted by atomic mass is 10.1. The third kappa shape index (κ3) is 2.53. The first-order valence-electron chi connectivity index (χ1n) is 7.26. The van der Waals surface area contributed by atoms with E-state index in [-0.39, 0.29) is 11.3 Å². The van der Waals surface area contributed by atoms with E-state index >= 15 is 0 Å². The van der Waals surface area contributed by atoms with Crippen LogP contribution in [0.1, 0.15) is 10.4 Å². The lowest BCUT2D eigenvalue weighted by molar-refractivity contribution is 0.0988. The molecule has 6 heteroatoms. The molecule has 24 heavy (non-hydrogen) atoms. The van der Waals surface area contributed by atoms with E-state index in [0.717, 1.165) is 0 Å². The fourth-order valence-corrected chi connectivity index (χ4v) is 2.75. The summed E-state index contributed by atoms with van der Waals surface area (Å²) < 4.78 is 1.36. The van der Waals surface area contributed by atoms with Gasteiger partial charge in [0.25, 0.3) is 11.5 Å². The van der Waals surface area contributed by atoms with Gasteiger partial charge in [0.2, 0.25) is 0 Å². The molecule has 0 bridgehead atoms. The maximum atomic E-state index is 12.8. The van der Waals surface area contributed by atoms with Crippen molar-refractivity contribution < 1.29 is 9.90 Å². The number of aromatic hydroxyl groups is 1. The number of halogens is 1. The smallest absolute Gasteiger partial charge is 0.267 e. The Morgan fingerprint density at radius 3 is 2.42 bits per heavy atom. The summed E-state index contributed by atoms with van der Waals surface area (Å²) in [7, 11) is 3.11. The molecule has 3 rings (SSSR count). The predicted octanol–water partition coefficient (Wildman–Crippen LogP) is 3.17. The van der Waals surface area contributed by atoms with Crippen LogP contribution >= 0.6 is 11.6 Å². The van der Waals surface area contributed by atoms with Crippen LogP contribution in [0.4, 0.5) is 5.69 Å². The predicted molar refractivity (Wildman–Crippen MR) is 95.0 cm³/mol. The largest absolute Gasteiger partial charge is 0.506 e. The molecule has 2 aromatic carbocycles. The molecular weight excluding hydrogens is 328 g/mol. The van der Waals surface area contributed by atoms with E-state index in [9.17, 15) is 14.7 Å². The highest BCUT2D eigenvalue weighted by atomic mass is 35.5. The monoisotopic (exact) mass is 342 g/mol. The molecule has 1 amide bonds. The maximum absolute atomic E-state index is 12.8. The molecule has 0 unspecified atom stereocenters. The lowest BCUT2D eigenvalue weighted by Crippen LogP contribution is -2.34. The molecular formula is C18H15ClN2O3. The van der Waals surface area contributed by atoms with Crippen molar-refractivity contribution in [2.45, 2.75) is 0 Å². The lowest BCUT2D eigenvalue weighted by Gasteiger charge is -2.19. The minimum atomic E-state index is -0.582. The Hall–Kier alpha value is -2.79. The molecule has 1 heterocycles. The van der Waals surface area contributed by atoms with Gasteiger partial charge in [0.05, 0.1) is 5.52 Å². The Morgan fingerprint density at radius 1 is 1.12 bits per heavy atom. The van der Waals surface area contributed by atoms with Crippen LogP contribution in [-0.2, 0) is 7.05 Å². The molecule has 0 saturated carbocycles. The third-order valence-corrected chi connectivity index (χ3v) is 4.26.